The van der Waals surface area contributed by atoms with Crippen LogP contribution in [0.25, 0.3) is 6.08 Å². The molecule has 4 aromatic rings. The summed E-state index contributed by atoms with van der Waals surface area (Å²) >= 11 is 4.89. The number of hydrogen-bond acceptors (Lipinski definition) is 7. The van der Waals surface area contributed by atoms with Gasteiger partial charge in [0.05, 0.1) is 30.0 Å². The van der Waals surface area contributed by atoms with Gasteiger partial charge in [0.25, 0.3) is 11.8 Å². The summed E-state index contributed by atoms with van der Waals surface area (Å²) in [7, 11) is 0. The summed E-state index contributed by atoms with van der Waals surface area (Å²) in [5.41, 5.74) is 3.25. The second-order valence-corrected chi connectivity index (χ2v) is 11.1. The van der Waals surface area contributed by atoms with E-state index in [2.05, 4.69) is 21.2 Å². The molecular weight excluding hydrogens is 618 g/mol. The molecule has 0 aliphatic carbocycles. The molecule has 0 spiro atoms. The predicted octanol–water partition coefficient (Wildman–Crippen LogP) is 7.57. The van der Waals surface area contributed by atoms with Gasteiger partial charge < -0.3 is 19.2 Å². The summed E-state index contributed by atoms with van der Waals surface area (Å²) in [5.74, 6) is 1.03. The van der Waals surface area contributed by atoms with Crippen LogP contribution < -0.4 is 14.8 Å². The van der Waals surface area contributed by atoms with E-state index in [0.717, 1.165) is 11.3 Å². The van der Waals surface area contributed by atoms with Gasteiger partial charge in [-0.2, -0.15) is 0 Å². The van der Waals surface area contributed by atoms with Crippen molar-refractivity contribution in [3.63, 3.8) is 0 Å². The van der Waals surface area contributed by atoms with Crippen molar-refractivity contribution in [2.75, 3.05) is 18.5 Å². The number of amidine groups is 1. The number of aliphatic imine (C=N–C) groups is 1. The van der Waals surface area contributed by atoms with Gasteiger partial charge in [-0.05, 0) is 85.8 Å². The smallest absolute Gasteiger partial charge is 0.267 e. The third kappa shape index (κ3) is 7.32. The average Bonchev–Trinajstić information content (AvgIpc) is 3.60. The number of para-hydroxylation sites is 1. The van der Waals surface area contributed by atoms with E-state index in [1.807, 2.05) is 74.5 Å². The van der Waals surface area contributed by atoms with E-state index >= 15 is 0 Å². The van der Waals surface area contributed by atoms with Gasteiger partial charge in [-0.1, -0.05) is 51.8 Å². The first-order chi connectivity index (χ1) is 20.4. The highest BCUT2D eigenvalue weighted by molar-refractivity contribution is 9.10. The van der Waals surface area contributed by atoms with Crippen LogP contribution in [0.1, 0.15) is 23.8 Å². The molecule has 214 valence electrons. The number of carbonyl (C=O) groups is 2. The number of aryl methyl sites for hydroxylation is 1. The Hall–Kier alpha value is -4.28. The van der Waals surface area contributed by atoms with Crippen molar-refractivity contribution in [1.82, 2.24) is 4.90 Å². The summed E-state index contributed by atoms with van der Waals surface area (Å²) in [6.07, 6.45) is 3.37. The fourth-order valence-electron chi connectivity index (χ4n) is 4.06. The summed E-state index contributed by atoms with van der Waals surface area (Å²) in [6, 6.07) is 24.1. The predicted molar refractivity (Wildman–Crippen MR) is 169 cm³/mol. The maximum atomic E-state index is 13.6. The van der Waals surface area contributed by atoms with Gasteiger partial charge in [-0.3, -0.25) is 14.5 Å². The van der Waals surface area contributed by atoms with Crippen LogP contribution in [0.4, 0.5) is 11.4 Å². The molecule has 0 atom stereocenters. The van der Waals surface area contributed by atoms with Crippen LogP contribution in [0.3, 0.4) is 0 Å². The molecule has 5 rings (SSSR count). The van der Waals surface area contributed by atoms with Crippen molar-refractivity contribution in [2.24, 2.45) is 4.99 Å². The SMILES string of the molecule is CCOc1cc(/C=C2\SC(=Nc3ccccc3)N(Cc3ccco3)C2=O)c(Br)cc1OCC(=O)Nc1ccc(C)cc1. The van der Waals surface area contributed by atoms with Crippen LogP contribution in [0.5, 0.6) is 11.5 Å². The molecule has 1 saturated heterocycles. The Balaban J connectivity index is 1.37. The van der Waals surface area contributed by atoms with Gasteiger partial charge in [0.15, 0.2) is 23.3 Å². The number of nitrogens with one attached hydrogen (secondary N) is 1. The monoisotopic (exact) mass is 645 g/mol. The summed E-state index contributed by atoms with van der Waals surface area (Å²) in [6.45, 7) is 4.29. The van der Waals surface area contributed by atoms with Gasteiger partial charge in [-0.25, -0.2) is 4.99 Å². The third-order valence-electron chi connectivity index (χ3n) is 6.11. The largest absolute Gasteiger partial charge is 0.490 e. The molecule has 42 heavy (non-hydrogen) atoms. The van der Waals surface area contributed by atoms with Crippen molar-refractivity contribution in [1.29, 1.82) is 0 Å². The molecular formula is C32H28BrN3O5S. The number of furan rings is 1. The third-order valence-corrected chi connectivity index (χ3v) is 7.80. The lowest BCUT2D eigenvalue weighted by Crippen LogP contribution is -2.28. The lowest BCUT2D eigenvalue weighted by atomic mass is 10.1. The molecule has 0 bridgehead atoms. The highest BCUT2D eigenvalue weighted by Gasteiger charge is 2.34. The second-order valence-electron chi connectivity index (χ2n) is 9.27. The Morgan fingerprint density at radius 3 is 2.52 bits per heavy atom. The van der Waals surface area contributed by atoms with Crippen LogP contribution >= 0.6 is 27.7 Å². The van der Waals surface area contributed by atoms with Crippen LogP contribution in [-0.2, 0) is 16.1 Å². The number of ether oxygens (including phenoxy) is 2. The van der Waals surface area contributed by atoms with Crippen LogP contribution in [-0.4, -0.2) is 35.1 Å². The number of thioether (sulfide) groups is 1. The molecule has 2 heterocycles. The van der Waals surface area contributed by atoms with Crippen molar-refractivity contribution < 1.29 is 23.5 Å². The van der Waals surface area contributed by atoms with E-state index in [1.165, 1.54) is 11.8 Å². The number of halogens is 1. The molecule has 8 nitrogen and oxygen atoms in total. The molecule has 0 radical (unpaired) electrons. The highest BCUT2D eigenvalue weighted by Crippen LogP contribution is 2.39. The van der Waals surface area contributed by atoms with Crippen molar-refractivity contribution in [3.05, 3.63) is 111 Å². The van der Waals surface area contributed by atoms with Crippen LogP contribution in [0, 0.1) is 6.92 Å². The Morgan fingerprint density at radius 1 is 1.05 bits per heavy atom. The molecule has 2 amide bonds. The van der Waals surface area contributed by atoms with Gasteiger partial charge in [0.2, 0.25) is 0 Å². The van der Waals surface area contributed by atoms with Crippen molar-refractivity contribution >= 4 is 62.1 Å². The molecule has 3 aromatic carbocycles. The number of amides is 2. The van der Waals surface area contributed by atoms with Crippen LogP contribution in [0.15, 0.2) is 104 Å². The van der Waals surface area contributed by atoms with Gasteiger partial charge in [0, 0.05) is 10.2 Å². The molecule has 0 unspecified atom stereocenters. The first kappa shape index (κ1) is 29.2. The Labute approximate surface area is 256 Å². The number of hydrogen-bond donors (Lipinski definition) is 1. The maximum absolute atomic E-state index is 13.6. The van der Waals surface area contributed by atoms with Crippen molar-refractivity contribution in [2.45, 2.75) is 20.4 Å². The fraction of sp³-hybridized carbons (Fsp3) is 0.156. The molecule has 1 fully saturated rings. The first-order valence-corrected chi connectivity index (χ1v) is 14.8. The highest BCUT2D eigenvalue weighted by atomic mass is 79.9. The van der Waals surface area contributed by atoms with E-state index in [-0.39, 0.29) is 25.0 Å². The van der Waals surface area contributed by atoms with Crippen LogP contribution in [0.2, 0.25) is 0 Å². The Morgan fingerprint density at radius 2 is 1.81 bits per heavy atom. The number of benzene rings is 3. The number of nitrogens with zero attached hydrogens (tertiary/aromatic N) is 2. The lowest BCUT2D eigenvalue weighted by Gasteiger charge is -2.14. The lowest BCUT2D eigenvalue weighted by molar-refractivity contribution is -0.122. The molecule has 1 aromatic heterocycles. The summed E-state index contributed by atoms with van der Waals surface area (Å²) in [5, 5.41) is 3.37. The molecule has 0 saturated carbocycles. The minimum atomic E-state index is -0.293. The Bertz CT molecular complexity index is 1620. The summed E-state index contributed by atoms with van der Waals surface area (Å²) < 4.78 is 17.8. The zero-order valence-corrected chi connectivity index (χ0v) is 25.4. The van der Waals surface area contributed by atoms with E-state index in [9.17, 15) is 9.59 Å². The molecule has 1 aliphatic heterocycles. The normalized spacial score (nSPS) is 14.9. The zero-order valence-electron chi connectivity index (χ0n) is 23.0. The number of rotatable bonds is 10. The molecule has 10 heteroatoms. The van der Waals surface area contributed by atoms with Crippen molar-refractivity contribution in [3.8, 4) is 11.5 Å². The quantitative estimate of drug-likeness (QED) is 0.179. The van der Waals surface area contributed by atoms with Gasteiger partial charge in [0.1, 0.15) is 5.76 Å². The summed E-state index contributed by atoms with van der Waals surface area (Å²) in [4.78, 5) is 32.9. The standard InChI is InChI=1S/C32H28BrN3O5S/c1-3-39-27-16-22(26(33)18-28(27)41-20-30(37)34-24-13-11-21(2)12-14-24)17-29-31(38)36(19-25-10-7-15-40-25)32(42-29)35-23-8-5-4-6-9-23/h4-18H,3,19-20H2,1-2H3,(H,34,37)/b29-17-,35-32?. The minimum absolute atomic E-state index is 0.191. The Kier molecular flexibility index (Phi) is 9.45. The minimum Gasteiger partial charge on any atom is -0.490 e. The number of carbonyl (C=O) groups excluding carboxylic acids is 2. The second kappa shape index (κ2) is 13.6. The van der Waals surface area contributed by atoms with E-state index < -0.39 is 0 Å². The molecule has 1 N–H and O–H groups in total. The van der Waals surface area contributed by atoms with E-state index in [0.29, 0.717) is 49.7 Å². The van der Waals surface area contributed by atoms with E-state index in [1.54, 1.807) is 35.4 Å². The number of anilines is 1. The zero-order chi connectivity index (χ0) is 29.5. The first-order valence-electron chi connectivity index (χ1n) is 13.2. The topological polar surface area (TPSA) is 93.4 Å². The maximum Gasteiger partial charge on any atom is 0.267 e. The van der Waals surface area contributed by atoms with E-state index in [4.69, 9.17) is 18.9 Å². The average molecular weight is 647 g/mol. The van der Waals surface area contributed by atoms with Gasteiger partial charge >= 0.3 is 0 Å². The van der Waals surface area contributed by atoms with Gasteiger partial charge in [-0.15, -0.1) is 0 Å². The fourth-order valence-corrected chi connectivity index (χ4v) is 5.49. The molecule has 1 aliphatic rings.